The number of nitrogens with zero attached hydrogens (tertiary/aromatic N) is 1. The maximum absolute atomic E-state index is 14.6. The van der Waals surface area contributed by atoms with Crippen molar-refractivity contribution in [2.45, 2.75) is 78.5 Å². The molecule has 4 aromatic carbocycles. The number of rotatable bonds is 11. The van der Waals surface area contributed by atoms with Crippen molar-refractivity contribution in [2.75, 3.05) is 11.9 Å². The van der Waals surface area contributed by atoms with Crippen LogP contribution in [0.5, 0.6) is 5.75 Å². The summed E-state index contributed by atoms with van der Waals surface area (Å²) in [4.78, 5) is 43.6. The maximum atomic E-state index is 14.6. The van der Waals surface area contributed by atoms with Gasteiger partial charge >= 0.3 is 6.09 Å². The molecule has 4 aromatic rings. The van der Waals surface area contributed by atoms with Crippen molar-refractivity contribution in [1.82, 2.24) is 10.2 Å². The lowest BCUT2D eigenvalue weighted by atomic mass is 9.97. The van der Waals surface area contributed by atoms with E-state index in [1.807, 2.05) is 81.4 Å². The molecule has 0 aliphatic rings. The molecule has 0 saturated heterocycles. The van der Waals surface area contributed by atoms with Crippen molar-refractivity contribution in [3.63, 3.8) is 0 Å². The molecular weight excluding hydrogens is 578 g/mol. The molecule has 4 rings (SSSR count). The SMILES string of the molecule is CCCCN(C(=O)C(Cc1ccc(O)cc1)NC(=O)OC(C)(C)C)C(C(=O)Nc1ccc2ccccc2c1)c1ccc(C)c(C)c1. The molecule has 0 saturated carbocycles. The Kier molecular flexibility index (Phi) is 11.1. The second-order valence-electron chi connectivity index (χ2n) is 12.8. The van der Waals surface area contributed by atoms with Gasteiger partial charge < -0.3 is 25.4 Å². The first-order chi connectivity index (χ1) is 21.8. The molecular formula is C38H45N3O5. The van der Waals surface area contributed by atoms with Crippen molar-refractivity contribution in [1.29, 1.82) is 0 Å². The summed E-state index contributed by atoms with van der Waals surface area (Å²) in [6.07, 6.45) is 0.836. The number of aromatic hydroxyl groups is 1. The van der Waals surface area contributed by atoms with Gasteiger partial charge in [0.2, 0.25) is 5.91 Å². The number of benzene rings is 4. The lowest BCUT2D eigenvalue weighted by molar-refractivity contribution is -0.140. The average Bonchev–Trinajstić information content (AvgIpc) is 3.00. The molecule has 0 aliphatic carbocycles. The van der Waals surface area contributed by atoms with Crippen LogP contribution in [0.3, 0.4) is 0 Å². The van der Waals surface area contributed by atoms with Crippen LogP contribution in [0.15, 0.2) is 84.9 Å². The molecule has 242 valence electrons. The summed E-state index contributed by atoms with van der Waals surface area (Å²) in [7, 11) is 0. The number of ether oxygens (including phenoxy) is 1. The van der Waals surface area contributed by atoms with Crippen LogP contribution < -0.4 is 10.6 Å². The van der Waals surface area contributed by atoms with Crippen LogP contribution in [0.25, 0.3) is 10.8 Å². The number of alkyl carbamates (subject to hydrolysis) is 1. The molecule has 0 radical (unpaired) electrons. The molecule has 0 fully saturated rings. The number of phenolic OH excluding ortho intramolecular Hbond substituents is 1. The number of nitrogens with one attached hydrogen (secondary N) is 2. The zero-order chi connectivity index (χ0) is 33.4. The number of amides is 3. The van der Waals surface area contributed by atoms with E-state index in [9.17, 15) is 19.5 Å². The molecule has 0 spiro atoms. The molecule has 3 N–H and O–H groups in total. The van der Waals surface area contributed by atoms with Crippen LogP contribution in [-0.4, -0.2) is 46.1 Å². The minimum Gasteiger partial charge on any atom is -0.508 e. The van der Waals surface area contributed by atoms with Crippen LogP contribution in [0, 0.1) is 13.8 Å². The fourth-order valence-electron chi connectivity index (χ4n) is 5.30. The molecule has 0 aromatic heterocycles. The minimum absolute atomic E-state index is 0.0940. The van der Waals surface area contributed by atoms with Gasteiger partial charge in [-0.05, 0) is 98.3 Å². The van der Waals surface area contributed by atoms with Crippen molar-refractivity contribution in [3.05, 3.63) is 107 Å². The Morgan fingerprint density at radius 3 is 2.22 bits per heavy atom. The summed E-state index contributed by atoms with van der Waals surface area (Å²) in [6, 6.07) is 23.9. The first kappa shape index (κ1) is 34.0. The van der Waals surface area contributed by atoms with Crippen molar-refractivity contribution >= 4 is 34.4 Å². The molecule has 0 heterocycles. The highest BCUT2D eigenvalue weighted by Crippen LogP contribution is 2.28. The van der Waals surface area contributed by atoms with Gasteiger partial charge in [0.1, 0.15) is 23.4 Å². The second kappa shape index (κ2) is 15.0. The Labute approximate surface area is 271 Å². The van der Waals surface area contributed by atoms with E-state index in [1.54, 1.807) is 37.8 Å². The van der Waals surface area contributed by atoms with E-state index in [-0.39, 0.29) is 18.1 Å². The highest BCUT2D eigenvalue weighted by atomic mass is 16.6. The topological polar surface area (TPSA) is 108 Å². The van der Waals surface area contributed by atoms with E-state index >= 15 is 0 Å². The number of unbranched alkanes of at least 4 members (excludes halogenated alkanes) is 1. The highest BCUT2D eigenvalue weighted by molar-refractivity contribution is 6.00. The Hall–Kier alpha value is -4.85. The summed E-state index contributed by atoms with van der Waals surface area (Å²) in [6.45, 7) is 11.6. The normalized spacial score (nSPS) is 12.7. The van der Waals surface area contributed by atoms with Gasteiger partial charge in [-0.3, -0.25) is 9.59 Å². The van der Waals surface area contributed by atoms with E-state index in [2.05, 4.69) is 10.6 Å². The molecule has 2 unspecified atom stereocenters. The number of hydrogen-bond acceptors (Lipinski definition) is 5. The minimum atomic E-state index is -1.04. The van der Waals surface area contributed by atoms with Crippen LogP contribution in [0.4, 0.5) is 10.5 Å². The Morgan fingerprint density at radius 1 is 0.870 bits per heavy atom. The summed E-state index contributed by atoms with van der Waals surface area (Å²) in [5.41, 5.74) is 3.31. The van der Waals surface area contributed by atoms with Crippen LogP contribution in [0.1, 0.15) is 68.8 Å². The molecule has 3 amide bonds. The zero-order valence-corrected chi connectivity index (χ0v) is 27.6. The number of carbonyl (C=O) groups excluding carboxylic acids is 3. The average molecular weight is 624 g/mol. The molecule has 2 atom stereocenters. The summed E-state index contributed by atoms with van der Waals surface area (Å²) in [5, 5.41) is 17.7. The predicted molar refractivity (Wildman–Crippen MR) is 183 cm³/mol. The quantitative estimate of drug-likeness (QED) is 0.159. The van der Waals surface area contributed by atoms with Crippen molar-refractivity contribution in [2.24, 2.45) is 0 Å². The highest BCUT2D eigenvalue weighted by Gasteiger charge is 2.36. The number of fused-ring (bicyclic) bond motifs is 1. The molecule has 8 heteroatoms. The smallest absolute Gasteiger partial charge is 0.408 e. The van der Waals surface area contributed by atoms with Gasteiger partial charge in [0.25, 0.3) is 5.91 Å². The monoisotopic (exact) mass is 623 g/mol. The molecule has 0 bridgehead atoms. The van der Waals surface area contributed by atoms with Gasteiger partial charge in [0.05, 0.1) is 0 Å². The predicted octanol–water partition coefficient (Wildman–Crippen LogP) is 7.61. The van der Waals surface area contributed by atoms with Gasteiger partial charge in [-0.2, -0.15) is 0 Å². The van der Waals surface area contributed by atoms with E-state index < -0.39 is 29.7 Å². The summed E-state index contributed by atoms with van der Waals surface area (Å²) >= 11 is 0. The number of phenols is 1. The first-order valence-corrected chi connectivity index (χ1v) is 15.8. The number of anilines is 1. The Bertz CT molecular complexity index is 1680. The van der Waals surface area contributed by atoms with Crippen LogP contribution in [-0.2, 0) is 20.7 Å². The third kappa shape index (κ3) is 9.10. The fourth-order valence-corrected chi connectivity index (χ4v) is 5.30. The van der Waals surface area contributed by atoms with Crippen LogP contribution in [0.2, 0.25) is 0 Å². The number of hydrogen-bond donors (Lipinski definition) is 3. The number of carbonyl (C=O) groups is 3. The summed E-state index contributed by atoms with van der Waals surface area (Å²) < 4.78 is 5.53. The second-order valence-corrected chi connectivity index (χ2v) is 12.8. The molecule has 0 aliphatic heterocycles. The summed E-state index contributed by atoms with van der Waals surface area (Å²) in [5.74, 6) is -0.677. The third-order valence-corrected chi connectivity index (χ3v) is 7.82. The van der Waals surface area contributed by atoms with Gasteiger partial charge in [0, 0.05) is 18.7 Å². The zero-order valence-electron chi connectivity index (χ0n) is 27.6. The Morgan fingerprint density at radius 2 is 1.57 bits per heavy atom. The fraction of sp³-hybridized carbons (Fsp3) is 0.342. The molecule has 8 nitrogen and oxygen atoms in total. The third-order valence-electron chi connectivity index (χ3n) is 7.82. The number of aryl methyl sites for hydroxylation is 2. The van der Waals surface area contributed by atoms with Crippen molar-refractivity contribution in [3.8, 4) is 5.75 Å². The van der Waals surface area contributed by atoms with E-state index in [0.29, 0.717) is 24.2 Å². The lowest BCUT2D eigenvalue weighted by Crippen LogP contribution is -2.53. The van der Waals surface area contributed by atoms with Gasteiger partial charge in [-0.15, -0.1) is 0 Å². The van der Waals surface area contributed by atoms with E-state index in [4.69, 9.17) is 4.74 Å². The standard InChI is InChI=1S/C38H45N3O5/c1-7-8-21-41(36(44)33(40-37(45)46-38(4,5)6)23-27-14-19-32(42)20-15-27)34(30-16-13-25(2)26(3)22-30)35(43)39-31-18-17-28-11-9-10-12-29(28)24-31/h9-20,22,24,33-34,42H,7-8,21,23H2,1-6H3,(H,39,43)(H,40,45). The maximum Gasteiger partial charge on any atom is 0.408 e. The van der Waals surface area contributed by atoms with Crippen LogP contribution >= 0.6 is 0 Å². The van der Waals surface area contributed by atoms with Gasteiger partial charge in [-0.25, -0.2) is 4.79 Å². The van der Waals surface area contributed by atoms with Gasteiger partial charge in [-0.1, -0.05) is 74.0 Å². The van der Waals surface area contributed by atoms with Gasteiger partial charge in [0.15, 0.2) is 0 Å². The van der Waals surface area contributed by atoms with Crippen molar-refractivity contribution < 1.29 is 24.2 Å². The van der Waals surface area contributed by atoms with E-state index in [0.717, 1.165) is 33.9 Å². The first-order valence-electron chi connectivity index (χ1n) is 15.8. The van der Waals surface area contributed by atoms with E-state index in [1.165, 1.54) is 12.1 Å². The molecule has 46 heavy (non-hydrogen) atoms. The Balaban J connectivity index is 1.76. The lowest BCUT2D eigenvalue weighted by Gasteiger charge is -2.35. The largest absolute Gasteiger partial charge is 0.508 e.